The number of aliphatic hydroxyl groups excluding tert-OH is 1. The second-order valence-electron chi connectivity index (χ2n) is 8.38. The van der Waals surface area contributed by atoms with Crippen molar-refractivity contribution in [2.45, 2.75) is 42.8 Å². The normalized spacial score (nSPS) is 31.9. The number of hydrogen-bond acceptors (Lipinski definition) is 8. The van der Waals surface area contributed by atoms with E-state index in [4.69, 9.17) is 9.39 Å². The van der Waals surface area contributed by atoms with Gasteiger partial charge in [-0.2, -0.15) is 0 Å². The zero-order chi connectivity index (χ0) is 20.5. The van der Waals surface area contributed by atoms with E-state index in [0.29, 0.717) is 38.0 Å². The number of carboxylic acids is 1. The van der Waals surface area contributed by atoms with Gasteiger partial charge >= 0.3 is 12.7 Å². The van der Waals surface area contributed by atoms with Crippen molar-refractivity contribution in [2.24, 2.45) is 0 Å². The molecule has 2 saturated heterocycles. The third-order valence-corrected chi connectivity index (χ3v) is 6.31. The number of ether oxygens (including phenoxy) is 1. The fraction of sp³-hybridized carbons (Fsp3) is 0.556. The van der Waals surface area contributed by atoms with E-state index in [-0.39, 0.29) is 35.0 Å². The smallest absolute Gasteiger partial charge is 0.434 e. The van der Waals surface area contributed by atoms with Gasteiger partial charge in [-0.3, -0.25) is 4.79 Å². The van der Waals surface area contributed by atoms with E-state index in [1.165, 1.54) is 0 Å². The van der Waals surface area contributed by atoms with Gasteiger partial charge in [-0.25, -0.2) is 4.79 Å². The van der Waals surface area contributed by atoms with Gasteiger partial charge in [-0.15, -0.1) is 0 Å². The zero-order valence-electron chi connectivity index (χ0n) is 15.5. The van der Waals surface area contributed by atoms with Crippen LogP contribution >= 0.6 is 0 Å². The maximum atomic E-state index is 12.4. The van der Waals surface area contributed by atoms with E-state index in [2.05, 4.69) is 5.32 Å². The third-order valence-electron chi connectivity index (χ3n) is 6.31. The van der Waals surface area contributed by atoms with Crippen LogP contribution in [0.3, 0.4) is 0 Å². The molecular weight excluding hydrogens is 383 g/mol. The van der Waals surface area contributed by atoms with Crippen molar-refractivity contribution in [3.63, 3.8) is 0 Å². The summed E-state index contributed by atoms with van der Waals surface area (Å²) < 4.78 is 11.1. The molecule has 11 heteroatoms. The molecule has 0 aromatic heterocycles. The number of aromatic carboxylic acids is 1. The molecule has 0 spiro atoms. The zero-order valence-corrected chi connectivity index (χ0v) is 15.5. The van der Waals surface area contributed by atoms with Crippen LogP contribution in [-0.4, -0.2) is 81.7 Å². The fourth-order valence-electron chi connectivity index (χ4n) is 4.61. The molecule has 3 heterocycles. The number of carbonyl (C=O) groups excluding carboxylic acids is 1. The van der Waals surface area contributed by atoms with Gasteiger partial charge in [0.2, 0.25) is 5.91 Å². The molecule has 5 N–H and O–H groups in total. The van der Waals surface area contributed by atoms with Crippen LogP contribution in [0.4, 0.5) is 0 Å². The van der Waals surface area contributed by atoms with Crippen molar-refractivity contribution in [3.05, 3.63) is 23.3 Å². The Kier molecular flexibility index (Phi) is 4.08. The average molecular weight is 405 g/mol. The van der Waals surface area contributed by atoms with Crippen LogP contribution in [0, 0.1) is 0 Å². The van der Waals surface area contributed by atoms with Crippen molar-refractivity contribution in [2.75, 3.05) is 19.6 Å². The summed E-state index contributed by atoms with van der Waals surface area (Å²) in [5.41, 5.74) is 0.421. The predicted octanol–water partition coefficient (Wildman–Crippen LogP) is -1.13. The maximum Gasteiger partial charge on any atom is 0.434 e. The minimum atomic E-state index is -3.09. The van der Waals surface area contributed by atoms with Gasteiger partial charge in [0.1, 0.15) is 17.4 Å². The van der Waals surface area contributed by atoms with E-state index in [9.17, 15) is 29.9 Å². The van der Waals surface area contributed by atoms with Gasteiger partial charge in [0, 0.05) is 6.54 Å². The molecule has 4 aliphatic rings. The molecule has 1 amide bonds. The van der Waals surface area contributed by atoms with Crippen LogP contribution in [0.1, 0.15) is 34.7 Å². The standard InChI is InChI=1S/C18H22BN2O8/c22-8-3-13(20-5-8)17(23)21-6-9(7-21)28-14-2-1-10-11-4-12(11)19(26,27)29-16(10)15(14)18(24)25/h1-2,8-9,11-13,20,22,26-27H,3-7H2,(H,24,25)/q-1/t8-,11-,12-,13-/m1/s1. The Morgan fingerprint density at radius 2 is 2.00 bits per heavy atom. The third kappa shape index (κ3) is 3.05. The highest BCUT2D eigenvalue weighted by atomic mass is 16.6. The molecule has 156 valence electrons. The summed E-state index contributed by atoms with van der Waals surface area (Å²) in [4.78, 5) is 25.9. The maximum absolute atomic E-state index is 12.4. The summed E-state index contributed by atoms with van der Waals surface area (Å²) in [6.45, 7) is -2.09. The number of likely N-dealkylation sites (tertiary alicyclic amines) is 1. The number of nitrogens with one attached hydrogen (secondary N) is 1. The van der Waals surface area contributed by atoms with Crippen molar-refractivity contribution in [1.82, 2.24) is 10.2 Å². The lowest BCUT2D eigenvalue weighted by atomic mass is 9.68. The fourth-order valence-corrected chi connectivity index (χ4v) is 4.61. The summed E-state index contributed by atoms with van der Waals surface area (Å²) in [6.07, 6.45) is 0.0178. The summed E-state index contributed by atoms with van der Waals surface area (Å²) in [6, 6.07) is 2.86. The topological polar surface area (TPSA) is 149 Å². The van der Waals surface area contributed by atoms with Crippen molar-refractivity contribution >= 4 is 18.6 Å². The number of fused-ring (bicyclic) bond motifs is 3. The quantitative estimate of drug-likeness (QED) is 0.393. The average Bonchev–Trinajstić information content (AvgIpc) is 3.32. The molecule has 1 aromatic carbocycles. The first-order chi connectivity index (χ1) is 13.7. The Labute approximate surface area is 166 Å². The number of hydrogen-bond donors (Lipinski definition) is 5. The molecule has 1 saturated carbocycles. The van der Waals surface area contributed by atoms with Gasteiger partial charge < -0.3 is 39.9 Å². The molecule has 0 unspecified atom stereocenters. The summed E-state index contributed by atoms with van der Waals surface area (Å²) in [5.74, 6) is -1.87. The SMILES string of the molecule is O=C(O)c1c(OC2CN(C(=O)[C@H]3C[C@@H](O)CN3)C2)ccc2c1O[B-](O)(O)[C@@H]1C[C@H]21. The first kappa shape index (κ1) is 18.7. The van der Waals surface area contributed by atoms with Gasteiger partial charge in [0.05, 0.1) is 31.0 Å². The second kappa shape index (κ2) is 6.33. The number of nitrogens with zero attached hydrogens (tertiary/aromatic N) is 1. The molecule has 10 nitrogen and oxygen atoms in total. The van der Waals surface area contributed by atoms with E-state index in [0.717, 1.165) is 0 Å². The number of carbonyl (C=O) groups is 2. The Morgan fingerprint density at radius 3 is 2.66 bits per heavy atom. The number of rotatable bonds is 4. The van der Waals surface area contributed by atoms with Crippen LogP contribution in [0.2, 0.25) is 5.82 Å². The first-order valence-corrected chi connectivity index (χ1v) is 9.80. The van der Waals surface area contributed by atoms with Crippen LogP contribution in [0.15, 0.2) is 12.1 Å². The van der Waals surface area contributed by atoms with Crippen LogP contribution in [0.25, 0.3) is 0 Å². The van der Waals surface area contributed by atoms with Crippen LogP contribution in [-0.2, 0) is 4.79 Å². The van der Waals surface area contributed by atoms with Gasteiger partial charge in [-0.05, 0) is 24.0 Å². The van der Waals surface area contributed by atoms with Gasteiger partial charge in [0.25, 0.3) is 0 Å². The number of β-amino-alcohol motifs (C(OH)–C–C–N with tert-alkyl or cyclic N) is 1. The van der Waals surface area contributed by atoms with E-state index in [1.807, 2.05) is 0 Å². The van der Waals surface area contributed by atoms with Crippen molar-refractivity contribution in [1.29, 1.82) is 0 Å². The molecule has 5 rings (SSSR count). The van der Waals surface area contributed by atoms with E-state index >= 15 is 0 Å². The summed E-state index contributed by atoms with van der Waals surface area (Å²) in [5, 5.41) is 42.4. The van der Waals surface area contributed by atoms with Crippen molar-refractivity contribution < 1.29 is 39.2 Å². The van der Waals surface area contributed by atoms with Gasteiger partial charge in [-0.1, -0.05) is 18.3 Å². The monoisotopic (exact) mass is 405 g/mol. The highest BCUT2D eigenvalue weighted by Gasteiger charge is 2.55. The van der Waals surface area contributed by atoms with Crippen LogP contribution in [0.5, 0.6) is 11.5 Å². The molecule has 3 fully saturated rings. The largest absolute Gasteiger partial charge is 0.669 e. The second-order valence-corrected chi connectivity index (χ2v) is 8.38. The lowest BCUT2D eigenvalue weighted by molar-refractivity contribution is -0.142. The predicted molar refractivity (Wildman–Crippen MR) is 98.7 cm³/mol. The molecule has 29 heavy (non-hydrogen) atoms. The molecule has 4 atom stereocenters. The minimum Gasteiger partial charge on any atom is -0.669 e. The van der Waals surface area contributed by atoms with Crippen molar-refractivity contribution in [3.8, 4) is 11.5 Å². The number of amides is 1. The Balaban J connectivity index is 1.30. The summed E-state index contributed by atoms with van der Waals surface area (Å²) in [7, 11) is 0. The number of aliphatic hydroxyl groups is 1. The minimum absolute atomic E-state index is 0.0462. The lowest BCUT2D eigenvalue weighted by Crippen LogP contribution is -2.59. The molecule has 1 aliphatic carbocycles. The Morgan fingerprint density at radius 1 is 1.24 bits per heavy atom. The lowest BCUT2D eigenvalue weighted by Gasteiger charge is -2.41. The van der Waals surface area contributed by atoms with E-state index in [1.54, 1.807) is 17.0 Å². The Bertz CT molecular complexity index is 887. The number of benzene rings is 1. The van der Waals surface area contributed by atoms with E-state index < -0.39 is 30.7 Å². The molecule has 1 aromatic rings. The number of carboxylic acid groups (broad SMARTS) is 1. The molecule has 3 aliphatic heterocycles. The molecule has 0 radical (unpaired) electrons. The molecular formula is C18H22BN2O8-. The van der Waals surface area contributed by atoms with Gasteiger partial charge in [0.15, 0.2) is 0 Å². The first-order valence-electron chi connectivity index (χ1n) is 9.80. The highest BCUT2D eigenvalue weighted by Crippen LogP contribution is 2.63. The highest BCUT2D eigenvalue weighted by molar-refractivity contribution is 6.62. The Hall–Kier alpha value is -2.34. The van der Waals surface area contributed by atoms with Crippen LogP contribution < -0.4 is 14.7 Å². The molecule has 0 bridgehead atoms. The summed E-state index contributed by atoms with van der Waals surface area (Å²) >= 11 is 0.